The summed E-state index contributed by atoms with van der Waals surface area (Å²) in [7, 11) is 0. The van der Waals surface area contributed by atoms with E-state index in [0.717, 1.165) is 10.2 Å². The molecule has 0 unspecified atom stereocenters. The van der Waals surface area contributed by atoms with Crippen molar-refractivity contribution in [2.75, 3.05) is 5.43 Å². The summed E-state index contributed by atoms with van der Waals surface area (Å²) < 4.78 is 6.65. The molecule has 0 atom stereocenters. The highest BCUT2D eigenvalue weighted by molar-refractivity contribution is 9.10. The average Bonchev–Trinajstić information content (AvgIpc) is 3.05. The largest absolute Gasteiger partial charge is 0.478 e. The number of furan rings is 1. The number of benzene rings is 2. The van der Waals surface area contributed by atoms with Crippen molar-refractivity contribution >= 4 is 45.4 Å². The lowest BCUT2D eigenvalue weighted by Gasteiger charge is -2.02. The Morgan fingerprint density at radius 2 is 1.92 bits per heavy atom. The van der Waals surface area contributed by atoms with Crippen LogP contribution in [0.2, 0.25) is 5.02 Å². The molecule has 0 saturated heterocycles. The molecule has 0 aliphatic heterocycles. The molecule has 0 spiro atoms. The first-order chi connectivity index (χ1) is 12.0. The summed E-state index contributed by atoms with van der Waals surface area (Å²) in [6, 6.07) is 15.5. The number of carboxylic acids is 1. The molecule has 3 rings (SSSR count). The van der Waals surface area contributed by atoms with Gasteiger partial charge in [-0.15, -0.1) is 0 Å². The Hall–Kier alpha value is -2.57. The standard InChI is InChI=1S/C18H12BrClN2O3/c19-12-2-4-13(5-3-12)22-21-10-14-6-8-17(25-14)15-9-11(18(23)24)1-7-16(15)20/h1-10,22H,(H,23,24). The normalized spacial score (nSPS) is 11.0. The summed E-state index contributed by atoms with van der Waals surface area (Å²) in [6.45, 7) is 0. The second kappa shape index (κ2) is 7.55. The quantitative estimate of drug-likeness (QED) is 0.422. The number of carboxylic acid groups (broad SMARTS) is 1. The summed E-state index contributed by atoms with van der Waals surface area (Å²) in [4.78, 5) is 11.1. The molecular formula is C18H12BrClN2O3. The first-order valence-electron chi connectivity index (χ1n) is 7.20. The second-order valence-electron chi connectivity index (χ2n) is 5.08. The van der Waals surface area contributed by atoms with Gasteiger partial charge in [0.2, 0.25) is 0 Å². The minimum Gasteiger partial charge on any atom is -0.478 e. The smallest absolute Gasteiger partial charge is 0.335 e. The lowest BCUT2D eigenvalue weighted by molar-refractivity contribution is 0.0697. The SMILES string of the molecule is O=C(O)c1ccc(Cl)c(-c2ccc(C=NNc3ccc(Br)cc3)o2)c1. The number of carbonyl (C=O) groups is 1. The van der Waals surface area contributed by atoms with Gasteiger partial charge < -0.3 is 9.52 Å². The molecule has 0 fully saturated rings. The topological polar surface area (TPSA) is 74.8 Å². The molecule has 5 nitrogen and oxygen atoms in total. The predicted molar refractivity (Wildman–Crippen MR) is 101 cm³/mol. The van der Waals surface area contributed by atoms with Gasteiger partial charge >= 0.3 is 5.97 Å². The molecule has 0 bridgehead atoms. The molecular weight excluding hydrogens is 408 g/mol. The van der Waals surface area contributed by atoms with Gasteiger partial charge in [0, 0.05) is 10.0 Å². The number of hydrogen-bond donors (Lipinski definition) is 2. The third-order valence-corrected chi connectivity index (χ3v) is 4.19. The van der Waals surface area contributed by atoms with Crippen molar-refractivity contribution in [1.82, 2.24) is 0 Å². The van der Waals surface area contributed by atoms with E-state index in [0.29, 0.717) is 22.1 Å². The van der Waals surface area contributed by atoms with Crippen molar-refractivity contribution in [2.45, 2.75) is 0 Å². The van der Waals surface area contributed by atoms with Crippen LogP contribution in [-0.2, 0) is 0 Å². The fourth-order valence-corrected chi connectivity index (χ4v) is 2.58. The van der Waals surface area contributed by atoms with E-state index in [9.17, 15) is 4.79 Å². The van der Waals surface area contributed by atoms with Crippen LogP contribution in [0.1, 0.15) is 16.1 Å². The molecule has 1 aromatic heterocycles. The van der Waals surface area contributed by atoms with E-state index < -0.39 is 5.97 Å². The predicted octanol–water partition coefficient (Wildman–Crippen LogP) is 5.51. The number of nitrogens with zero attached hydrogens (tertiary/aromatic N) is 1. The number of hydrogen-bond acceptors (Lipinski definition) is 4. The highest BCUT2D eigenvalue weighted by Crippen LogP contribution is 2.30. The number of anilines is 1. The summed E-state index contributed by atoms with van der Waals surface area (Å²) in [5, 5.41) is 13.6. The molecule has 0 radical (unpaired) electrons. The monoisotopic (exact) mass is 418 g/mol. The number of nitrogens with one attached hydrogen (secondary N) is 1. The number of aromatic carboxylic acids is 1. The van der Waals surface area contributed by atoms with Gasteiger partial charge in [0.25, 0.3) is 0 Å². The fourth-order valence-electron chi connectivity index (χ4n) is 2.11. The van der Waals surface area contributed by atoms with Gasteiger partial charge in [0.15, 0.2) is 0 Å². The second-order valence-corrected chi connectivity index (χ2v) is 6.40. The lowest BCUT2D eigenvalue weighted by atomic mass is 10.1. The maximum Gasteiger partial charge on any atom is 0.335 e. The van der Waals surface area contributed by atoms with Crippen LogP contribution < -0.4 is 5.43 Å². The van der Waals surface area contributed by atoms with Crippen molar-refractivity contribution < 1.29 is 14.3 Å². The van der Waals surface area contributed by atoms with Crippen LogP contribution >= 0.6 is 27.5 Å². The van der Waals surface area contributed by atoms with Crippen molar-refractivity contribution in [3.63, 3.8) is 0 Å². The zero-order valence-electron chi connectivity index (χ0n) is 12.7. The van der Waals surface area contributed by atoms with Crippen molar-refractivity contribution in [2.24, 2.45) is 5.10 Å². The Labute approximate surface area is 157 Å². The van der Waals surface area contributed by atoms with Crippen molar-refractivity contribution in [1.29, 1.82) is 0 Å². The van der Waals surface area contributed by atoms with E-state index in [1.54, 1.807) is 12.1 Å². The fraction of sp³-hybridized carbons (Fsp3) is 0. The lowest BCUT2D eigenvalue weighted by Crippen LogP contribution is -1.96. The highest BCUT2D eigenvalue weighted by Gasteiger charge is 2.12. The molecule has 3 aromatic rings. The van der Waals surface area contributed by atoms with Crippen LogP contribution in [0, 0.1) is 0 Å². The summed E-state index contributed by atoms with van der Waals surface area (Å²) in [5.74, 6) is -0.0421. The minimum atomic E-state index is -1.02. The minimum absolute atomic E-state index is 0.142. The Morgan fingerprint density at radius 1 is 1.16 bits per heavy atom. The Morgan fingerprint density at radius 3 is 2.64 bits per heavy atom. The van der Waals surface area contributed by atoms with Gasteiger partial charge in [0.1, 0.15) is 11.5 Å². The van der Waals surface area contributed by atoms with E-state index in [4.69, 9.17) is 21.1 Å². The third-order valence-electron chi connectivity index (χ3n) is 3.34. The Balaban J connectivity index is 1.76. The van der Waals surface area contributed by atoms with Crippen molar-refractivity contribution in [3.8, 4) is 11.3 Å². The molecule has 126 valence electrons. The van der Waals surface area contributed by atoms with E-state index in [2.05, 4.69) is 26.5 Å². The maximum atomic E-state index is 11.1. The third kappa shape index (κ3) is 4.29. The molecule has 0 aliphatic rings. The zero-order valence-corrected chi connectivity index (χ0v) is 15.1. The summed E-state index contributed by atoms with van der Waals surface area (Å²) >= 11 is 9.51. The number of halogens is 2. The van der Waals surface area contributed by atoms with E-state index in [1.165, 1.54) is 24.4 Å². The number of hydrazone groups is 1. The zero-order chi connectivity index (χ0) is 17.8. The Bertz CT molecular complexity index is 936. The Kier molecular flexibility index (Phi) is 5.21. The van der Waals surface area contributed by atoms with Crippen LogP contribution in [0.25, 0.3) is 11.3 Å². The van der Waals surface area contributed by atoms with Crippen molar-refractivity contribution in [3.05, 3.63) is 75.4 Å². The molecule has 0 amide bonds. The van der Waals surface area contributed by atoms with Gasteiger partial charge in [-0.2, -0.15) is 5.10 Å². The van der Waals surface area contributed by atoms with Crippen LogP contribution in [-0.4, -0.2) is 17.3 Å². The molecule has 2 N–H and O–H groups in total. The molecule has 7 heteroatoms. The van der Waals surface area contributed by atoms with Crippen LogP contribution in [0.3, 0.4) is 0 Å². The molecule has 1 heterocycles. The van der Waals surface area contributed by atoms with Crippen LogP contribution in [0.15, 0.2) is 68.6 Å². The molecule has 0 aliphatic carbocycles. The van der Waals surface area contributed by atoms with Gasteiger partial charge in [-0.1, -0.05) is 27.5 Å². The van der Waals surface area contributed by atoms with E-state index in [-0.39, 0.29) is 5.56 Å². The van der Waals surface area contributed by atoms with Crippen LogP contribution in [0.4, 0.5) is 5.69 Å². The van der Waals surface area contributed by atoms with E-state index >= 15 is 0 Å². The highest BCUT2D eigenvalue weighted by atomic mass is 79.9. The van der Waals surface area contributed by atoms with Gasteiger partial charge in [0.05, 0.1) is 22.5 Å². The first-order valence-corrected chi connectivity index (χ1v) is 8.38. The van der Waals surface area contributed by atoms with Gasteiger partial charge in [-0.3, -0.25) is 5.43 Å². The number of rotatable bonds is 5. The molecule has 2 aromatic carbocycles. The summed E-state index contributed by atoms with van der Waals surface area (Å²) in [6.07, 6.45) is 1.53. The van der Waals surface area contributed by atoms with E-state index in [1.807, 2.05) is 24.3 Å². The molecule has 0 saturated carbocycles. The summed E-state index contributed by atoms with van der Waals surface area (Å²) in [5.41, 5.74) is 4.38. The molecule has 25 heavy (non-hydrogen) atoms. The van der Waals surface area contributed by atoms with Crippen LogP contribution in [0.5, 0.6) is 0 Å². The first kappa shape index (κ1) is 17.3. The van der Waals surface area contributed by atoms with Gasteiger partial charge in [-0.25, -0.2) is 4.79 Å². The van der Waals surface area contributed by atoms with Gasteiger partial charge in [-0.05, 0) is 54.6 Å². The maximum absolute atomic E-state index is 11.1. The average molecular weight is 420 g/mol.